The molecule has 1 fully saturated rings. The quantitative estimate of drug-likeness (QED) is 0.803. The Morgan fingerprint density at radius 2 is 2.14 bits per heavy atom. The van der Waals surface area contributed by atoms with Crippen LogP contribution in [0.4, 0.5) is 4.39 Å². The van der Waals surface area contributed by atoms with E-state index < -0.39 is 0 Å². The molecule has 2 nitrogen and oxygen atoms in total. The third-order valence-electron chi connectivity index (χ3n) is 2.33. The lowest BCUT2D eigenvalue weighted by Crippen LogP contribution is -2.42. The largest absolute Gasteiger partial charge is 0.314 e. The van der Waals surface area contributed by atoms with Gasteiger partial charge in [-0.3, -0.25) is 0 Å². The number of hydrogen-bond donors (Lipinski definition) is 2. The molecule has 0 bridgehead atoms. The van der Waals surface area contributed by atoms with Crippen LogP contribution in [0.5, 0.6) is 0 Å². The fourth-order valence-electron chi connectivity index (χ4n) is 1.67. The summed E-state index contributed by atoms with van der Waals surface area (Å²) in [5.74, 6) is -0.193. The highest BCUT2D eigenvalue weighted by Crippen LogP contribution is 2.20. The van der Waals surface area contributed by atoms with Gasteiger partial charge in [-0.25, -0.2) is 4.39 Å². The summed E-state index contributed by atoms with van der Waals surface area (Å²) in [6.45, 7) is 2.77. The van der Waals surface area contributed by atoms with Gasteiger partial charge in [-0.05, 0) is 23.8 Å². The maximum Gasteiger partial charge on any atom is 0.124 e. The number of benzene rings is 1. The van der Waals surface area contributed by atoms with Gasteiger partial charge in [0, 0.05) is 30.1 Å². The lowest BCUT2D eigenvalue weighted by molar-refractivity contribution is 0.428. The van der Waals surface area contributed by atoms with Crippen molar-refractivity contribution in [1.82, 2.24) is 10.6 Å². The Labute approximate surface area is 91.0 Å². The second kappa shape index (κ2) is 4.38. The van der Waals surface area contributed by atoms with Gasteiger partial charge < -0.3 is 10.6 Å². The molecule has 76 valence electrons. The van der Waals surface area contributed by atoms with Crippen molar-refractivity contribution < 1.29 is 4.39 Å². The molecule has 0 aromatic heterocycles. The van der Waals surface area contributed by atoms with Crippen LogP contribution >= 0.6 is 15.9 Å². The van der Waals surface area contributed by atoms with E-state index in [1.807, 2.05) is 6.07 Å². The van der Waals surface area contributed by atoms with Crippen LogP contribution in [-0.2, 0) is 0 Å². The fraction of sp³-hybridized carbons (Fsp3) is 0.400. The Morgan fingerprint density at radius 3 is 2.79 bits per heavy atom. The predicted octanol–water partition coefficient (Wildman–Crippen LogP) is 1.82. The zero-order chi connectivity index (χ0) is 9.97. The van der Waals surface area contributed by atoms with Gasteiger partial charge in [-0.1, -0.05) is 15.9 Å². The summed E-state index contributed by atoms with van der Waals surface area (Å²) in [4.78, 5) is 0. The molecule has 0 radical (unpaired) electrons. The topological polar surface area (TPSA) is 24.1 Å². The molecule has 1 aromatic carbocycles. The molecule has 2 N–H and O–H groups in total. The number of halogens is 2. The lowest BCUT2D eigenvalue weighted by atomic mass is 10.1. The molecule has 0 saturated carbocycles. The smallest absolute Gasteiger partial charge is 0.124 e. The van der Waals surface area contributed by atoms with Crippen LogP contribution in [0, 0.1) is 5.82 Å². The highest BCUT2D eigenvalue weighted by molar-refractivity contribution is 9.10. The van der Waals surface area contributed by atoms with Crippen LogP contribution in [0.1, 0.15) is 11.6 Å². The van der Waals surface area contributed by atoms with Crippen LogP contribution in [0.3, 0.4) is 0 Å². The molecule has 1 aliphatic rings. The maximum atomic E-state index is 13.1. The number of piperazine rings is 1. The van der Waals surface area contributed by atoms with Gasteiger partial charge in [0.2, 0.25) is 0 Å². The summed E-state index contributed by atoms with van der Waals surface area (Å²) in [7, 11) is 0. The number of hydrogen-bond acceptors (Lipinski definition) is 2. The van der Waals surface area contributed by atoms with Gasteiger partial charge in [0.15, 0.2) is 0 Å². The van der Waals surface area contributed by atoms with Crippen molar-refractivity contribution >= 4 is 15.9 Å². The van der Waals surface area contributed by atoms with Crippen LogP contribution in [0.2, 0.25) is 0 Å². The second-order valence-electron chi connectivity index (χ2n) is 3.41. The van der Waals surface area contributed by atoms with Crippen LogP contribution in [-0.4, -0.2) is 19.6 Å². The third kappa shape index (κ3) is 2.32. The van der Waals surface area contributed by atoms with E-state index in [9.17, 15) is 4.39 Å². The van der Waals surface area contributed by atoms with E-state index in [0.29, 0.717) is 0 Å². The first-order valence-corrected chi connectivity index (χ1v) is 5.45. The molecule has 0 spiro atoms. The molecule has 2 rings (SSSR count). The minimum Gasteiger partial charge on any atom is -0.314 e. The third-order valence-corrected chi connectivity index (χ3v) is 2.79. The molecule has 0 aliphatic carbocycles. The maximum absolute atomic E-state index is 13.1. The zero-order valence-corrected chi connectivity index (χ0v) is 9.27. The Hall–Kier alpha value is -0.450. The summed E-state index contributed by atoms with van der Waals surface area (Å²) in [6, 6.07) is 5.22. The average molecular weight is 259 g/mol. The zero-order valence-electron chi connectivity index (χ0n) is 7.69. The molecule has 1 heterocycles. The summed E-state index contributed by atoms with van der Waals surface area (Å²) in [5.41, 5.74) is 0.990. The van der Waals surface area contributed by atoms with Crippen LogP contribution in [0.15, 0.2) is 22.7 Å². The highest BCUT2D eigenvalue weighted by Gasteiger charge is 2.14. The molecule has 1 atom stereocenters. The molecule has 1 aliphatic heterocycles. The summed E-state index contributed by atoms with van der Waals surface area (Å²) in [5, 5.41) is 6.61. The summed E-state index contributed by atoms with van der Waals surface area (Å²) in [6.07, 6.45) is 0. The molecule has 4 heteroatoms. The molecular weight excluding hydrogens is 247 g/mol. The van der Waals surface area contributed by atoms with Crippen molar-refractivity contribution in [3.05, 3.63) is 34.1 Å². The van der Waals surface area contributed by atoms with E-state index in [-0.39, 0.29) is 11.9 Å². The van der Waals surface area contributed by atoms with Crippen molar-refractivity contribution in [2.75, 3.05) is 19.6 Å². The van der Waals surface area contributed by atoms with Gasteiger partial charge in [0.25, 0.3) is 0 Å². The molecular formula is C10H12BrFN2. The predicted molar refractivity (Wildman–Crippen MR) is 57.7 cm³/mol. The molecule has 0 unspecified atom stereocenters. The van der Waals surface area contributed by atoms with E-state index in [1.54, 1.807) is 6.07 Å². The Bertz CT molecular complexity index is 304. The van der Waals surface area contributed by atoms with Gasteiger partial charge >= 0.3 is 0 Å². The van der Waals surface area contributed by atoms with Gasteiger partial charge in [-0.15, -0.1) is 0 Å². The number of nitrogens with one attached hydrogen (secondary N) is 2. The molecule has 1 aromatic rings. The van der Waals surface area contributed by atoms with Gasteiger partial charge in [-0.2, -0.15) is 0 Å². The van der Waals surface area contributed by atoms with Crippen LogP contribution in [0.25, 0.3) is 0 Å². The van der Waals surface area contributed by atoms with E-state index in [0.717, 1.165) is 29.7 Å². The van der Waals surface area contributed by atoms with Crippen molar-refractivity contribution in [1.29, 1.82) is 0 Å². The molecule has 0 amide bonds. The first-order chi connectivity index (χ1) is 6.75. The highest BCUT2D eigenvalue weighted by atomic mass is 79.9. The van der Waals surface area contributed by atoms with Gasteiger partial charge in [0.1, 0.15) is 5.82 Å². The van der Waals surface area contributed by atoms with E-state index in [1.165, 1.54) is 6.07 Å². The first-order valence-electron chi connectivity index (χ1n) is 4.66. The SMILES string of the molecule is Fc1cc(Br)cc([C@@H]2CNCCN2)c1. The van der Waals surface area contributed by atoms with Crippen molar-refractivity contribution in [3.8, 4) is 0 Å². The monoisotopic (exact) mass is 258 g/mol. The Balaban J connectivity index is 2.21. The molecule has 14 heavy (non-hydrogen) atoms. The average Bonchev–Trinajstić information content (AvgIpc) is 2.18. The van der Waals surface area contributed by atoms with E-state index in [4.69, 9.17) is 0 Å². The van der Waals surface area contributed by atoms with Crippen LogP contribution < -0.4 is 10.6 Å². The van der Waals surface area contributed by atoms with Crippen molar-refractivity contribution in [2.45, 2.75) is 6.04 Å². The minimum atomic E-state index is -0.193. The normalized spacial score (nSPS) is 22.3. The van der Waals surface area contributed by atoms with E-state index in [2.05, 4.69) is 26.6 Å². The van der Waals surface area contributed by atoms with E-state index >= 15 is 0 Å². The standard InChI is InChI=1S/C10H12BrFN2/c11-8-3-7(4-9(12)5-8)10-6-13-1-2-14-10/h3-5,10,13-14H,1-2,6H2/t10-/m0/s1. The Kier molecular flexibility index (Phi) is 3.15. The Morgan fingerprint density at radius 1 is 1.29 bits per heavy atom. The fourth-order valence-corrected chi connectivity index (χ4v) is 2.15. The molecule has 1 saturated heterocycles. The first kappa shape index (κ1) is 10.1. The number of rotatable bonds is 1. The summed E-state index contributed by atoms with van der Waals surface area (Å²) >= 11 is 3.29. The van der Waals surface area contributed by atoms with Crippen molar-refractivity contribution in [3.63, 3.8) is 0 Å². The van der Waals surface area contributed by atoms with Gasteiger partial charge in [0.05, 0.1) is 0 Å². The minimum absolute atomic E-state index is 0.193. The van der Waals surface area contributed by atoms with Crippen molar-refractivity contribution in [2.24, 2.45) is 0 Å². The lowest BCUT2D eigenvalue weighted by Gasteiger charge is -2.25. The summed E-state index contributed by atoms with van der Waals surface area (Å²) < 4.78 is 13.9. The second-order valence-corrected chi connectivity index (χ2v) is 4.33.